The van der Waals surface area contributed by atoms with Gasteiger partial charge in [-0.15, -0.1) is 0 Å². The summed E-state index contributed by atoms with van der Waals surface area (Å²) in [5.41, 5.74) is 8.12. The van der Waals surface area contributed by atoms with Gasteiger partial charge in [-0.3, -0.25) is 24.0 Å². The second-order valence-corrected chi connectivity index (χ2v) is 23.6. The molecule has 0 saturated heterocycles. The summed E-state index contributed by atoms with van der Waals surface area (Å²) in [5.74, 6) is -4.03. The zero-order chi connectivity index (χ0) is 75.8. The molecule has 0 fully saturated rings. The first-order valence-electron chi connectivity index (χ1n) is 28.5. The summed E-state index contributed by atoms with van der Waals surface area (Å²) in [5, 5.41) is 65.9. The van der Waals surface area contributed by atoms with Crippen LogP contribution in [0.4, 0.5) is 5.69 Å². The van der Waals surface area contributed by atoms with Crippen molar-refractivity contribution in [3.63, 3.8) is 0 Å². The van der Waals surface area contributed by atoms with E-state index in [1.807, 2.05) is 0 Å². The number of esters is 3. The maximum Gasteiger partial charge on any atom is 0.338 e. The van der Waals surface area contributed by atoms with E-state index in [1.54, 1.807) is 80.6 Å². The van der Waals surface area contributed by atoms with Gasteiger partial charge < -0.3 is 70.6 Å². The Morgan fingerprint density at radius 3 is 1.07 bits per heavy atom. The molecule has 12 N–H and O–H groups in total. The monoisotopic (exact) mass is 1490 g/mol. The minimum atomic E-state index is -1.06. The molecule has 0 radical (unpaired) electrons. The number of nitrogens with one attached hydrogen (secondary N) is 3. The molecule has 0 bridgehead atoms. The largest absolute Gasteiger partial charge is 0.508 e. The van der Waals surface area contributed by atoms with Gasteiger partial charge in [0.2, 0.25) is 26.8 Å². The van der Waals surface area contributed by atoms with Crippen LogP contribution in [0.25, 0.3) is 65.4 Å². The SMILES string of the molecule is C=C(C)C(=O)Cl.C=C(C)C(=O)Cl.C=C(C)C(=O)Oc1cc(O)c2c(=O)c3cccc(Cl)c3[nH]c2c1.C=C(C)C(=O)Oc1cc(OC(=O)C(=C)C)c2c(=O)c3cccc(Cl)c3[nH]c2c1.Nc1c(Cl)cccc1C(=O)O.O=c1c2cccc(Cl)c2[nH]c2cc(O)cc(O)c12.Oc1cc(O)cc(O)c1. The molecule has 0 aliphatic rings. The first-order valence-corrected chi connectivity index (χ1v) is 30.8. The number of carbonyl (C=O) groups excluding carboxylic acids is 5. The zero-order valence-corrected chi connectivity index (χ0v) is 58.1. The number of carboxylic acids is 1. The summed E-state index contributed by atoms with van der Waals surface area (Å²) >= 11 is 33.6. The lowest BCUT2D eigenvalue weighted by molar-refractivity contribution is -0.131. The van der Waals surface area contributed by atoms with Crippen LogP contribution < -0.4 is 36.2 Å². The number of aromatic hydroxyl groups is 6. The van der Waals surface area contributed by atoms with E-state index >= 15 is 0 Å². The number of H-pyrrole nitrogens is 3. The van der Waals surface area contributed by atoms with Gasteiger partial charge >= 0.3 is 23.9 Å². The Hall–Kier alpha value is -11.6. The van der Waals surface area contributed by atoms with Gasteiger partial charge in [0.15, 0.2) is 0 Å². The molecule has 0 aliphatic heterocycles. The van der Waals surface area contributed by atoms with Gasteiger partial charge in [-0.05, 0) is 106 Å². The van der Waals surface area contributed by atoms with E-state index in [1.165, 1.54) is 57.2 Å². The van der Waals surface area contributed by atoms with Gasteiger partial charge in [0.05, 0.1) is 80.6 Å². The summed E-state index contributed by atoms with van der Waals surface area (Å²) in [4.78, 5) is 112. The van der Waals surface area contributed by atoms with E-state index in [4.69, 9.17) is 110 Å². The number of nitrogens with two attached hydrogens (primary N) is 1. The van der Waals surface area contributed by atoms with Gasteiger partial charge in [-0.2, -0.15) is 0 Å². The molecule has 8 aromatic carbocycles. The second-order valence-electron chi connectivity index (χ2n) is 21.3. The van der Waals surface area contributed by atoms with Crippen molar-refractivity contribution in [3.05, 3.63) is 244 Å². The third-order valence-electron chi connectivity index (χ3n) is 13.0. The number of hydrogen-bond donors (Lipinski definition) is 11. The van der Waals surface area contributed by atoms with Crippen molar-refractivity contribution in [1.82, 2.24) is 15.0 Å². The number of aromatic amines is 3. The lowest BCUT2D eigenvalue weighted by atomic mass is 10.1. The van der Waals surface area contributed by atoms with Crippen molar-refractivity contribution in [3.8, 4) is 51.7 Å². The van der Waals surface area contributed by atoms with Crippen LogP contribution in [0.15, 0.2) is 203 Å². The standard InChI is InChI=1S/C21H16ClNO5.C17H12ClNO4.C13H8ClNO3.C7H6ClNO2.C6H6O3.2C4H5ClO/c1-10(2)20(25)27-12-8-15-17(16(9-12)28-21(26)11(3)4)19(24)13-6-5-7-14(22)18(13)23-15;1-8(2)17(22)23-9-6-12-14(13(20)7-9)16(21)10-4-3-5-11(18)15(10)19-12;14-8-3-1-2-7-12(8)15-9-4-6(16)5-10(17)11(9)13(7)18;8-5-3-1-2-4(6(5)9)7(10)11;7-4-1-5(8)3-6(9)2-4;2*1-3(2)4(5)6/h5-9H,1,3H2,2,4H3,(H,23,24);3-7,20H,1H2,2H3,(H,19,21);1-5,16-17H,(H,15,18);1-3H,9H2,(H,10,11);1-3,7-9H;2*1H2,2H3. The maximum absolute atomic E-state index is 13.0. The number of aromatic carboxylic acids is 1. The number of carbonyl (C=O) groups is 6. The van der Waals surface area contributed by atoms with Crippen molar-refractivity contribution in [1.29, 1.82) is 0 Å². The molecule has 0 saturated carbocycles. The van der Waals surface area contributed by atoms with Gasteiger partial charge in [0, 0.05) is 98.6 Å². The normalized spacial score (nSPS) is 10.2. The van der Waals surface area contributed by atoms with Crippen molar-refractivity contribution in [2.24, 2.45) is 0 Å². The lowest BCUT2D eigenvalue weighted by Gasteiger charge is -2.12. The maximum atomic E-state index is 13.0. The summed E-state index contributed by atoms with van der Waals surface area (Å²) in [7, 11) is 0. The van der Waals surface area contributed by atoms with E-state index < -0.39 is 34.4 Å². The molecule has 3 heterocycles. The fraction of sp³-hybridized carbons (Fsp3) is 0.0694. The molecule has 522 valence electrons. The predicted octanol–water partition coefficient (Wildman–Crippen LogP) is 15.6. The number of para-hydroxylation sites is 4. The number of phenolic OH excluding ortho intramolecular Hbond substituents is 6. The Morgan fingerprint density at radius 1 is 0.406 bits per heavy atom. The van der Waals surface area contributed by atoms with E-state index in [-0.39, 0.29) is 117 Å². The zero-order valence-electron chi connectivity index (χ0n) is 53.5. The average molecular weight is 1500 g/mol. The third-order valence-corrected chi connectivity index (χ3v) is 14.9. The number of hydrogen-bond acceptors (Lipinski definition) is 19. The number of benzene rings is 8. The van der Waals surface area contributed by atoms with Crippen LogP contribution in [0.2, 0.25) is 20.1 Å². The molecule has 11 rings (SSSR count). The molecule has 11 aromatic rings. The van der Waals surface area contributed by atoms with Gasteiger partial charge in [-0.1, -0.05) is 104 Å². The number of fused-ring (bicyclic) bond motifs is 6. The number of pyridine rings is 3. The smallest absolute Gasteiger partial charge is 0.338 e. The van der Waals surface area contributed by atoms with Crippen LogP contribution in [0, 0.1) is 0 Å². The van der Waals surface area contributed by atoms with Crippen LogP contribution in [0.1, 0.15) is 45.0 Å². The number of nitrogen functional groups attached to an aromatic ring is 1. The fourth-order valence-corrected chi connectivity index (χ4v) is 9.06. The first kappa shape index (κ1) is 80.1. The molecule has 0 spiro atoms. The Balaban J connectivity index is 0.000000227. The molecule has 0 unspecified atom stereocenters. The number of rotatable bonds is 9. The number of aromatic nitrogens is 3. The van der Waals surface area contributed by atoms with Crippen molar-refractivity contribution in [2.75, 3.05) is 5.73 Å². The van der Waals surface area contributed by atoms with Gasteiger partial charge in [0.1, 0.15) is 51.7 Å². The number of phenols is 6. The van der Waals surface area contributed by atoms with E-state index in [0.29, 0.717) is 75.5 Å². The van der Waals surface area contributed by atoms with Crippen molar-refractivity contribution >= 4 is 175 Å². The molecule has 0 amide bonds. The molecule has 101 heavy (non-hydrogen) atoms. The Morgan fingerprint density at radius 2 is 0.713 bits per heavy atom. The van der Waals surface area contributed by atoms with Crippen LogP contribution in [-0.2, 0) is 24.0 Å². The third kappa shape index (κ3) is 21.2. The fourth-order valence-electron chi connectivity index (χ4n) is 8.22. The number of halogens is 6. The highest BCUT2D eigenvalue weighted by atomic mass is 35.5. The average Bonchev–Trinajstić information content (AvgIpc) is 0.774. The molecule has 0 aliphatic carbocycles. The van der Waals surface area contributed by atoms with E-state index in [9.17, 15) is 58.5 Å². The Bertz CT molecular complexity index is 5330. The first-order chi connectivity index (χ1) is 47.2. The van der Waals surface area contributed by atoms with Gasteiger partial charge in [-0.25, -0.2) is 19.2 Å². The topological polar surface area (TPSA) is 396 Å². The van der Waals surface area contributed by atoms with Crippen LogP contribution in [-0.4, -0.2) is 85.1 Å². The predicted molar refractivity (Wildman–Crippen MR) is 393 cm³/mol. The minimum Gasteiger partial charge on any atom is -0.508 e. The molecule has 0 atom stereocenters. The molecule has 3 aromatic heterocycles. The number of anilines is 1. The Kier molecular flexibility index (Phi) is 28.0. The van der Waals surface area contributed by atoms with E-state index in [2.05, 4.69) is 47.8 Å². The molecule has 23 nitrogen and oxygen atoms in total. The Labute approximate surface area is 601 Å². The van der Waals surface area contributed by atoms with Crippen LogP contribution in [0.3, 0.4) is 0 Å². The summed E-state index contributed by atoms with van der Waals surface area (Å²) in [6.45, 7) is 24.7. The minimum absolute atomic E-state index is 0.0394. The lowest BCUT2D eigenvalue weighted by Crippen LogP contribution is -2.14. The number of allylic oxidation sites excluding steroid dienone is 2. The van der Waals surface area contributed by atoms with Crippen LogP contribution >= 0.6 is 69.6 Å². The van der Waals surface area contributed by atoms with E-state index in [0.717, 1.165) is 24.3 Å². The highest BCUT2D eigenvalue weighted by Crippen LogP contribution is 2.35. The summed E-state index contributed by atoms with van der Waals surface area (Å²) < 4.78 is 15.7. The number of carboxylic acid groups (broad SMARTS) is 1. The van der Waals surface area contributed by atoms with Crippen molar-refractivity contribution < 1.29 is 78.7 Å². The number of ether oxygens (including phenoxy) is 3. The molecule has 29 heteroatoms. The van der Waals surface area contributed by atoms with Crippen LogP contribution in [0.5, 0.6) is 51.7 Å². The highest BCUT2D eigenvalue weighted by Gasteiger charge is 2.20. The molecular weight excluding hydrogens is 1440 g/mol. The second kappa shape index (κ2) is 35.3. The summed E-state index contributed by atoms with van der Waals surface area (Å²) in [6, 6.07) is 30.6. The quantitative estimate of drug-likeness (QED) is 0.0160. The van der Waals surface area contributed by atoms with Crippen molar-refractivity contribution in [2.45, 2.75) is 34.6 Å². The van der Waals surface area contributed by atoms with Gasteiger partial charge in [0.25, 0.3) is 0 Å². The highest BCUT2D eigenvalue weighted by molar-refractivity contribution is 6.67. The molecular formula is C72H58Cl6N4O19. The summed E-state index contributed by atoms with van der Waals surface area (Å²) in [6.07, 6.45) is 0.